The smallest absolute Gasteiger partial charge is 0.331 e. The zero-order valence-electron chi connectivity index (χ0n) is 26.1. The predicted molar refractivity (Wildman–Crippen MR) is 161 cm³/mol. The summed E-state index contributed by atoms with van der Waals surface area (Å²) in [7, 11) is 0. The molecule has 1 saturated carbocycles. The van der Waals surface area contributed by atoms with E-state index < -0.39 is 83.1 Å². The van der Waals surface area contributed by atoms with Gasteiger partial charge in [-0.1, -0.05) is 57.6 Å². The van der Waals surface area contributed by atoms with Gasteiger partial charge in [-0.15, -0.1) is 0 Å². The number of carbonyl (C=O) groups excluding carboxylic acids is 3. The summed E-state index contributed by atoms with van der Waals surface area (Å²) < 4.78 is 6.21. The van der Waals surface area contributed by atoms with Gasteiger partial charge in [-0.3, -0.25) is 14.4 Å². The lowest BCUT2D eigenvalue weighted by molar-refractivity contribution is -0.171. The first kappa shape index (κ1) is 33.7. The van der Waals surface area contributed by atoms with Crippen LogP contribution in [0, 0.1) is 16.7 Å². The average molecular weight is 627 g/mol. The van der Waals surface area contributed by atoms with Gasteiger partial charge in [0, 0.05) is 42.4 Å². The van der Waals surface area contributed by atoms with Crippen LogP contribution in [0.1, 0.15) is 72.6 Å². The summed E-state index contributed by atoms with van der Waals surface area (Å²) in [6.45, 7) is 7.48. The van der Waals surface area contributed by atoms with Gasteiger partial charge in [0.15, 0.2) is 0 Å². The van der Waals surface area contributed by atoms with Crippen molar-refractivity contribution in [2.24, 2.45) is 16.7 Å². The number of hydrogen-bond acceptors (Lipinski definition) is 7. The molecule has 244 valence electrons. The third kappa shape index (κ3) is 6.32. The third-order valence-electron chi connectivity index (χ3n) is 9.89. The molecule has 12 nitrogen and oxygen atoms in total. The second-order valence-corrected chi connectivity index (χ2v) is 13.2. The molecule has 0 aromatic carbocycles. The summed E-state index contributed by atoms with van der Waals surface area (Å²) in [5.74, 6) is -6.09. The number of esters is 1. The number of carbonyl (C=O) groups is 6. The normalized spacial score (nSPS) is 30.3. The minimum atomic E-state index is -1.46. The van der Waals surface area contributed by atoms with Crippen molar-refractivity contribution in [1.29, 1.82) is 0 Å². The maximum atomic E-state index is 14.3. The van der Waals surface area contributed by atoms with Gasteiger partial charge < -0.3 is 29.9 Å². The Morgan fingerprint density at radius 1 is 1.02 bits per heavy atom. The van der Waals surface area contributed by atoms with Crippen molar-refractivity contribution in [3.8, 4) is 0 Å². The highest BCUT2D eigenvalue weighted by molar-refractivity contribution is 6.02. The van der Waals surface area contributed by atoms with Gasteiger partial charge in [-0.25, -0.2) is 14.4 Å². The third-order valence-corrected chi connectivity index (χ3v) is 9.89. The summed E-state index contributed by atoms with van der Waals surface area (Å²) in [5, 5.41) is 29.5. The number of amides is 2. The van der Waals surface area contributed by atoms with Crippen LogP contribution in [0.25, 0.3) is 0 Å². The van der Waals surface area contributed by atoms with Crippen molar-refractivity contribution in [3.63, 3.8) is 0 Å². The van der Waals surface area contributed by atoms with Crippen LogP contribution in [0.3, 0.4) is 0 Å². The Bertz CT molecular complexity index is 1390. The van der Waals surface area contributed by atoms with E-state index in [2.05, 4.69) is 0 Å². The van der Waals surface area contributed by atoms with E-state index in [0.717, 1.165) is 11.3 Å². The summed E-state index contributed by atoms with van der Waals surface area (Å²) in [6, 6.07) is -3.83. The van der Waals surface area contributed by atoms with Crippen LogP contribution in [-0.2, 0) is 33.5 Å². The molecule has 2 fully saturated rings. The molecule has 0 radical (unpaired) electrons. The Labute approximate surface area is 262 Å². The Balaban J connectivity index is 1.90. The van der Waals surface area contributed by atoms with Crippen molar-refractivity contribution in [2.45, 2.75) is 96.9 Å². The summed E-state index contributed by atoms with van der Waals surface area (Å²) in [4.78, 5) is 79.7. The lowest BCUT2D eigenvalue weighted by atomic mass is 9.48. The van der Waals surface area contributed by atoms with Gasteiger partial charge in [0.25, 0.3) is 5.91 Å². The van der Waals surface area contributed by atoms with Crippen molar-refractivity contribution in [3.05, 3.63) is 47.6 Å². The van der Waals surface area contributed by atoms with Crippen molar-refractivity contribution in [1.82, 2.24) is 9.80 Å². The Morgan fingerprint density at radius 2 is 1.71 bits per heavy atom. The number of carboxylic acid groups (broad SMARTS) is 3. The first-order valence-electron chi connectivity index (χ1n) is 15.4. The molecule has 0 bridgehead atoms. The van der Waals surface area contributed by atoms with Crippen molar-refractivity contribution < 1.29 is 48.8 Å². The highest BCUT2D eigenvalue weighted by atomic mass is 16.5. The predicted octanol–water partition coefficient (Wildman–Crippen LogP) is 3.33. The second-order valence-electron chi connectivity index (χ2n) is 13.2. The number of rotatable bonds is 11. The first-order chi connectivity index (χ1) is 21.2. The lowest BCUT2D eigenvalue weighted by Gasteiger charge is -2.58. The minimum Gasteiger partial charge on any atom is -0.481 e. The van der Waals surface area contributed by atoms with E-state index in [9.17, 15) is 44.1 Å². The summed E-state index contributed by atoms with van der Waals surface area (Å²) in [6.07, 6.45) is 9.82. The standard InChI is InChI=1S/C33H42N2O10/c1-5-6-7-8-9-11-24(39)45-27-26(35-21(31(43)44)12-14-22(35)36)19-18-34(20(30(41)42)13-15-23(37)38)29(40)25(19)33(4)17-10-16-32(2,3)28(27)33/h5-9,11,20-21,26-28H,10,12-18H2,1-4H3,(H,37,38)(H,41,42)(H,43,44)/b6-5+,8-7+,11-9+. The van der Waals surface area contributed by atoms with Crippen LogP contribution < -0.4 is 0 Å². The SMILES string of the molecule is C/C=C/C=C/C=C/C(=O)OC1C(N2C(=O)CCC2C(=O)O)C2=C(C(=O)N(C(CCC(=O)O)C(=O)O)C2)C2(C)CCCC(C)(C)C12. The molecular weight excluding hydrogens is 584 g/mol. The molecule has 4 rings (SSSR count). The number of hydrogen-bond donors (Lipinski definition) is 3. The van der Waals surface area contributed by atoms with Crippen molar-refractivity contribution in [2.75, 3.05) is 6.54 Å². The van der Waals surface area contributed by atoms with Gasteiger partial charge in [-0.2, -0.15) is 0 Å². The maximum absolute atomic E-state index is 14.3. The van der Waals surface area contributed by atoms with Crippen LogP contribution in [0.5, 0.6) is 0 Å². The molecule has 3 N–H and O–H groups in total. The highest BCUT2D eigenvalue weighted by Gasteiger charge is 2.65. The monoisotopic (exact) mass is 626 g/mol. The van der Waals surface area contributed by atoms with E-state index >= 15 is 0 Å². The zero-order chi connectivity index (χ0) is 33.3. The molecule has 0 aromatic rings. The molecule has 12 heteroatoms. The number of ether oxygens (including phenoxy) is 1. The van der Waals surface area contributed by atoms with Gasteiger partial charge in [0.1, 0.15) is 18.2 Å². The summed E-state index contributed by atoms with van der Waals surface area (Å²) >= 11 is 0. The molecule has 2 aliphatic heterocycles. The Morgan fingerprint density at radius 3 is 2.33 bits per heavy atom. The Kier molecular flexibility index (Phi) is 9.74. The van der Waals surface area contributed by atoms with Gasteiger partial charge in [-0.05, 0) is 43.6 Å². The molecule has 45 heavy (non-hydrogen) atoms. The first-order valence-corrected chi connectivity index (χ1v) is 15.4. The molecule has 2 aliphatic carbocycles. The lowest BCUT2D eigenvalue weighted by Crippen LogP contribution is -2.64. The molecule has 1 saturated heterocycles. The van der Waals surface area contributed by atoms with Gasteiger partial charge in [0.05, 0.1) is 6.04 Å². The van der Waals surface area contributed by atoms with E-state index in [1.54, 1.807) is 18.2 Å². The van der Waals surface area contributed by atoms with Crippen molar-refractivity contribution >= 4 is 35.7 Å². The number of aliphatic carboxylic acids is 3. The number of nitrogens with zero attached hydrogens (tertiary/aromatic N) is 2. The van der Waals surface area contributed by atoms with Crippen LogP contribution >= 0.6 is 0 Å². The van der Waals surface area contributed by atoms with Crippen LogP contribution in [0.4, 0.5) is 0 Å². The molecule has 0 spiro atoms. The molecule has 2 amide bonds. The topological polar surface area (TPSA) is 179 Å². The van der Waals surface area contributed by atoms with E-state index in [1.165, 1.54) is 17.1 Å². The molecule has 4 aliphatic rings. The van der Waals surface area contributed by atoms with E-state index in [1.807, 2.05) is 33.8 Å². The summed E-state index contributed by atoms with van der Waals surface area (Å²) in [5.41, 5.74) is -0.770. The quantitative estimate of drug-likeness (QED) is 0.175. The zero-order valence-corrected chi connectivity index (χ0v) is 26.1. The molecular formula is C33H42N2O10. The number of likely N-dealkylation sites (tertiary alicyclic amines) is 1. The molecule has 6 atom stereocenters. The minimum absolute atomic E-state index is 0.0307. The molecule has 0 aromatic heterocycles. The van der Waals surface area contributed by atoms with E-state index in [-0.39, 0.29) is 25.8 Å². The molecule has 2 heterocycles. The van der Waals surface area contributed by atoms with E-state index in [4.69, 9.17) is 4.74 Å². The number of fused-ring (bicyclic) bond motifs is 2. The van der Waals surface area contributed by atoms with Gasteiger partial charge in [0.2, 0.25) is 5.91 Å². The number of allylic oxidation sites excluding steroid dienone is 5. The van der Waals surface area contributed by atoms with Gasteiger partial charge >= 0.3 is 23.9 Å². The van der Waals surface area contributed by atoms with Crippen LogP contribution in [0.2, 0.25) is 0 Å². The second kappa shape index (κ2) is 13.0. The fraction of sp³-hybridized carbons (Fsp3) is 0.576. The number of carboxylic acids is 3. The largest absolute Gasteiger partial charge is 0.481 e. The molecule has 6 unspecified atom stereocenters. The Hall–Kier alpha value is -4.22. The fourth-order valence-electron chi connectivity index (χ4n) is 8.24. The van der Waals surface area contributed by atoms with E-state index in [0.29, 0.717) is 24.0 Å². The van der Waals surface area contributed by atoms with Crippen LogP contribution in [0.15, 0.2) is 47.6 Å². The maximum Gasteiger partial charge on any atom is 0.331 e. The fourth-order valence-corrected chi connectivity index (χ4v) is 8.24. The highest BCUT2D eigenvalue weighted by Crippen LogP contribution is 2.62. The average Bonchev–Trinajstić information content (AvgIpc) is 3.48. The van der Waals surface area contributed by atoms with Crippen LogP contribution in [-0.4, -0.2) is 91.6 Å².